The van der Waals surface area contributed by atoms with Crippen LogP contribution in [-0.2, 0) is 0 Å². The highest BCUT2D eigenvalue weighted by Gasteiger charge is 1.90. The molecule has 1 nitrogen and oxygen atoms in total. The molecule has 0 saturated carbocycles. The molecule has 1 atom stereocenters. The normalized spacial score (nSPS) is 13.9. The lowest BCUT2D eigenvalue weighted by molar-refractivity contribution is 0.846. The van der Waals surface area contributed by atoms with Crippen LogP contribution in [0.25, 0.3) is 0 Å². The Bertz CT molecular complexity index is 45.8. The summed E-state index contributed by atoms with van der Waals surface area (Å²) < 4.78 is 0. The van der Waals surface area contributed by atoms with E-state index in [-0.39, 0.29) is 0 Å². The molecule has 0 aliphatic heterocycles. The van der Waals surface area contributed by atoms with Gasteiger partial charge in [0.2, 0.25) is 0 Å². The molecule has 2 N–H and O–H groups in total. The lowest BCUT2D eigenvalue weighted by atomic mass is 10.4. The van der Waals surface area contributed by atoms with Gasteiger partial charge in [-0.1, -0.05) is 6.92 Å². The summed E-state index contributed by atoms with van der Waals surface area (Å²) >= 11 is 1.94. The minimum absolute atomic E-state index is 0.367. The van der Waals surface area contributed by atoms with Gasteiger partial charge in [-0.05, 0) is 19.1 Å². The van der Waals surface area contributed by atoms with Gasteiger partial charge in [0.05, 0.1) is 0 Å². The average Bonchev–Trinajstić information content (AvgIpc) is 1.66. The fourth-order valence-corrected chi connectivity index (χ4v) is 1.24. The molecule has 50 valence electrons. The first-order valence-corrected chi connectivity index (χ1v) is 4.26. The van der Waals surface area contributed by atoms with Crippen LogP contribution < -0.4 is 5.73 Å². The van der Waals surface area contributed by atoms with Crippen molar-refractivity contribution in [2.24, 2.45) is 5.73 Å². The zero-order valence-corrected chi connectivity index (χ0v) is 6.50. The maximum Gasteiger partial charge on any atom is 0.0101 e. The van der Waals surface area contributed by atoms with E-state index in [4.69, 9.17) is 5.73 Å². The summed E-state index contributed by atoms with van der Waals surface area (Å²) in [6, 6.07) is 0.367. The topological polar surface area (TPSA) is 26.0 Å². The summed E-state index contributed by atoms with van der Waals surface area (Å²) in [6.45, 7) is 4.23. The van der Waals surface area contributed by atoms with Gasteiger partial charge in [-0.15, -0.1) is 0 Å². The van der Waals surface area contributed by atoms with Crippen molar-refractivity contribution in [1.82, 2.24) is 0 Å². The third-order valence-corrected chi connectivity index (χ3v) is 2.19. The Morgan fingerprint density at radius 1 is 1.62 bits per heavy atom. The minimum Gasteiger partial charge on any atom is -0.327 e. The maximum absolute atomic E-state index is 5.51. The zero-order chi connectivity index (χ0) is 6.41. The van der Waals surface area contributed by atoms with Gasteiger partial charge in [-0.2, -0.15) is 11.8 Å². The van der Waals surface area contributed by atoms with Crippen molar-refractivity contribution in [3.05, 3.63) is 0 Å². The number of hydrogen-bond donors (Lipinski definition) is 1. The Kier molecular flexibility index (Phi) is 5.66. The third-order valence-electron chi connectivity index (χ3n) is 0.729. The smallest absolute Gasteiger partial charge is 0.0101 e. The second kappa shape index (κ2) is 5.45. The standard InChI is InChI=1S/C6H15NS/c1-3-4-8-5-6(2)7/h6H,3-5,7H2,1-2H3. The molecule has 0 saturated heterocycles. The van der Waals surface area contributed by atoms with E-state index in [9.17, 15) is 0 Å². The van der Waals surface area contributed by atoms with E-state index in [0.717, 1.165) is 5.75 Å². The van der Waals surface area contributed by atoms with Crippen molar-refractivity contribution >= 4 is 11.8 Å². The van der Waals surface area contributed by atoms with Gasteiger partial charge in [0, 0.05) is 11.8 Å². The van der Waals surface area contributed by atoms with E-state index in [2.05, 4.69) is 6.92 Å². The molecule has 2 heteroatoms. The van der Waals surface area contributed by atoms with Crippen molar-refractivity contribution in [3.8, 4) is 0 Å². The average molecular weight is 133 g/mol. The van der Waals surface area contributed by atoms with Crippen LogP contribution in [-0.4, -0.2) is 17.5 Å². The van der Waals surface area contributed by atoms with Crippen molar-refractivity contribution in [2.75, 3.05) is 11.5 Å². The number of nitrogens with two attached hydrogens (primary N) is 1. The molecule has 0 amide bonds. The summed E-state index contributed by atoms with van der Waals surface area (Å²) in [7, 11) is 0. The molecule has 0 fully saturated rings. The van der Waals surface area contributed by atoms with Crippen molar-refractivity contribution in [3.63, 3.8) is 0 Å². The molecule has 0 heterocycles. The van der Waals surface area contributed by atoms with E-state index in [0.29, 0.717) is 6.04 Å². The zero-order valence-electron chi connectivity index (χ0n) is 5.68. The summed E-state index contributed by atoms with van der Waals surface area (Å²) in [5.41, 5.74) is 5.51. The summed E-state index contributed by atoms with van der Waals surface area (Å²) in [5.74, 6) is 2.36. The Labute approximate surface area is 56.0 Å². The van der Waals surface area contributed by atoms with Gasteiger partial charge < -0.3 is 5.73 Å². The first-order valence-electron chi connectivity index (χ1n) is 3.10. The molecule has 0 radical (unpaired) electrons. The third kappa shape index (κ3) is 6.31. The predicted molar refractivity (Wildman–Crippen MR) is 41.3 cm³/mol. The fraction of sp³-hybridized carbons (Fsp3) is 1.00. The first kappa shape index (κ1) is 8.31. The predicted octanol–water partition coefficient (Wildman–Crippen LogP) is 1.48. The van der Waals surface area contributed by atoms with Gasteiger partial charge in [0.15, 0.2) is 0 Å². The van der Waals surface area contributed by atoms with Gasteiger partial charge in [0.25, 0.3) is 0 Å². The Morgan fingerprint density at radius 3 is 2.62 bits per heavy atom. The molecule has 1 unspecified atom stereocenters. The van der Waals surface area contributed by atoms with Gasteiger partial charge in [0.1, 0.15) is 0 Å². The Hall–Kier alpha value is 0.310. The van der Waals surface area contributed by atoms with Gasteiger partial charge in [-0.25, -0.2) is 0 Å². The first-order chi connectivity index (χ1) is 3.77. The largest absolute Gasteiger partial charge is 0.327 e. The van der Waals surface area contributed by atoms with Crippen LogP contribution in [0.2, 0.25) is 0 Å². The number of rotatable bonds is 4. The van der Waals surface area contributed by atoms with E-state index in [1.165, 1.54) is 12.2 Å². The van der Waals surface area contributed by atoms with Crippen LogP contribution in [0.1, 0.15) is 20.3 Å². The van der Waals surface area contributed by atoms with Crippen LogP contribution in [0.15, 0.2) is 0 Å². The van der Waals surface area contributed by atoms with Crippen molar-refractivity contribution < 1.29 is 0 Å². The summed E-state index contributed by atoms with van der Waals surface area (Å²) in [4.78, 5) is 0. The van der Waals surface area contributed by atoms with Crippen LogP contribution in [0.3, 0.4) is 0 Å². The molecule has 0 aliphatic rings. The van der Waals surface area contributed by atoms with E-state index in [1.807, 2.05) is 18.7 Å². The monoisotopic (exact) mass is 133 g/mol. The van der Waals surface area contributed by atoms with Gasteiger partial charge >= 0.3 is 0 Å². The lowest BCUT2D eigenvalue weighted by Gasteiger charge is -2.01. The number of hydrogen-bond acceptors (Lipinski definition) is 2. The minimum atomic E-state index is 0.367. The summed E-state index contributed by atoms with van der Waals surface area (Å²) in [6.07, 6.45) is 1.26. The second-order valence-corrected chi connectivity index (χ2v) is 3.20. The molecule has 0 aromatic heterocycles. The Balaban J connectivity index is 2.72. The molecule has 0 aromatic rings. The highest BCUT2D eigenvalue weighted by molar-refractivity contribution is 7.99. The van der Waals surface area contributed by atoms with Crippen molar-refractivity contribution in [1.29, 1.82) is 0 Å². The quantitative estimate of drug-likeness (QED) is 0.588. The van der Waals surface area contributed by atoms with Crippen LogP contribution >= 0.6 is 11.8 Å². The highest BCUT2D eigenvalue weighted by Crippen LogP contribution is 2.01. The molecule has 0 aromatic carbocycles. The second-order valence-electron chi connectivity index (χ2n) is 2.05. The van der Waals surface area contributed by atoms with Crippen molar-refractivity contribution in [2.45, 2.75) is 26.3 Å². The van der Waals surface area contributed by atoms with Crippen LogP contribution in [0.5, 0.6) is 0 Å². The molecular weight excluding hydrogens is 118 g/mol. The molecular formula is C6H15NS. The SMILES string of the molecule is CCCSCC(C)N. The fourth-order valence-electron chi connectivity index (χ4n) is 0.414. The molecule has 0 bridgehead atoms. The Morgan fingerprint density at radius 2 is 2.25 bits per heavy atom. The van der Waals surface area contributed by atoms with E-state index < -0.39 is 0 Å². The lowest BCUT2D eigenvalue weighted by Crippen LogP contribution is -2.17. The van der Waals surface area contributed by atoms with E-state index in [1.54, 1.807) is 0 Å². The van der Waals surface area contributed by atoms with Gasteiger partial charge in [-0.3, -0.25) is 0 Å². The summed E-state index contributed by atoms with van der Waals surface area (Å²) in [5, 5.41) is 0. The molecule has 0 rings (SSSR count). The molecule has 0 spiro atoms. The van der Waals surface area contributed by atoms with Crippen LogP contribution in [0.4, 0.5) is 0 Å². The maximum atomic E-state index is 5.51. The highest BCUT2D eigenvalue weighted by atomic mass is 32.2. The number of thioether (sulfide) groups is 1. The van der Waals surface area contributed by atoms with E-state index >= 15 is 0 Å². The van der Waals surface area contributed by atoms with Crippen LogP contribution in [0, 0.1) is 0 Å². The molecule has 8 heavy (non-hydrogen) atoms. The molecule has 0 aliphatic carbocycles.